The quantitative estimate of drug-likeness (QED) is 0.745. The highest BCUT2D eigenvalue weighted by molar-refractivity contribution is 8.16. The zero-order chi connectivity index (χ0) is 14.7. The van der Waals surface area contributed by atoms with Crippen LogP contribution in [0, 0.1) is 5.92 Å². The van der Waals surface area contributed by atoms with Gasteiger partial charge >= 0.3 is 0 Å². The molecule has 2 fully saturated rings. The van der Waals surface area contributed by atoms with Crippen LogP contribution >= 0.6 is 11.8 Å². The molecule has 118 valence electrons. The summed E-state index contributed by atoms with van der Waals surface area (Å²) < 4.78 is 11.3. The van der Waals surface area contributed by atoms with Crippen LogP contribution in [0.25, 0.3) is 0 Å². The van der Waals surface area contributed by atoms with Crippen molar-refractivity contribution in [2.75, 3.05) is 13.2 Å². The van der Waals surface area contributed by atoms with Crippen molar-refractivity contribution in [3.63, 3.8) is 0 Å². The second-order valence-electron chi connectivity index (χ2n) is 6.52. The molecule has 0 aromatic heterocycles. The number of carbonyl (C=O) groups is 1. The third kappa shape index (κ3) is 3.88. The van der Waals surface area contributed by atoms with Gasteiger partial charge in [-0.1, -0.05) is 50.3 Å². The number of thioether (sulfide) groups is 1. The van der Waals surface area contributed by atoms with Gasteiger partial charge in [0.05, 0.1) is 17.8 Å². The molecule has 1 amide bonds. The molecule has 2 unspecified atom stereocenters. The van der Waals surface area contributed by atoms with E-state index in [0.29, 0.717) is 12.5 Å². The van der Waals surface area contributed by atoms with Crippen LogP contribution in [0.2, 0.25) is 0 Å². The van der Waals surface area contributed by atoms with Crippen molar-refractivity contribution in [2.45, 2.75) is 69.3 Å². The van der Waals surface area contributed by atoms with E-state index >= 15 is 0 Å². The van der Waals surface area contributed by atoms with Crippen molar-refractivity contribution in [3.05, 3.63) is 0 Å². The Kier molecular flexibility index (Phi) is 5.02. The molecule has 3 rings (SSSR count). The summed E-state index contributed by atoms with van der Waals surface area (Å²) in [5.74, 6) is 0.576. The molecule has 5 heteroatoms. The van der Waals surface area contributed by atoms with Gasteiger partial charge in [0.1, 0.15) is 0 Å². The molecule has 0 aromatic rings. The molecule has 4 nitrogen and oxygen atoms in total. The fraction of sp³-hybridized carbons (Fsp3) is 0.875. The Labute approximate surface area is 131 Å². The highest BCUT2D eigenvalue weighted by Gasteiger charge is 2.44. The number of carbonyl (C=O) groups excluding carboxylic acids is 1. The number of hydrogen-bond acceptors (Lipinski definition) is 4. The predicted molar refractivity (Wildman–Crippen MR) is 84.6 cm³/mol. The Hall–Kier alpha value is -0.390. The van der Waals surface area contributed by atoms with Gasteiger partial charge in [-0.15, -0.1) is 0 Å². The highest BCUT2D eigenvalue weighted by Crippen LogP contribution is 2.40. The molecule has 0 radical (unpaired) electrons. The molecule has 1 saturated carbocycles. The minimum Gasteiger partial charge on any atom is -0.379 e. The summed E-state index contributed by atoms with van der Waals surface area (Å²) in [4.78, 5) is 15.7. The van der Waals surface area contributed by atoms with Crippen molar-refractivity contribution >= 4 is 22.7 Å². The number of aliphatic imine (C=N–C) groups is 1. The van der Waals surface area contributed by atoms with Crippen LogP contribution in [0.15, 0.2) is 4.99 Å². The van der Waals surface area contributed by atoms with Gasteiger partial charge < -0.3 is 9.47 Å². The maximum atomic E-state index is 12.2. The molecule has 2 heterocycles. The molecule has 2 aliphatic heterocycles. The van der Waals surface area contributed by atoms with Gasteiger partial charge in [0.25, 0.3) is 5.91 Å². The van der Waals surface area contributed by atoms with Gasteiger partial charge in [-0.3, -0.25) is 4.79 Å². The molecular weight excluding hydrogens is 286 g/mol. The SMILES string of the molecule is CC1(OC2CCOC2)SC(CC2CCCCCC2)=NC1=O. The van der Waals surface area contributed by atoms with Crippen molar-refractivity contribution in [2.24, 2.45) is 10.9 Å². The van der Waals surface area contributed by atoms with E-state index in [4.69, 9.17) is 9.47 Å². The molecular formula is C16H25NO3S. The average Bonchev–Trinajstić information content (AvgIpc) is 2.93. The summed E-state index contributed by atoms with van der Waals surface area (Å²) >= 11 is 1.53. The Morgan fingerprint density at radius 3 is 2.71 bits per heavy atom. The molecule has 1 saturated heterocycles. The van der Waals surface area contributed by atoms with Crippen molar-refractivity contribution in [1.29, 1.82) is 0 Å². The minimum absolute atomic E-state index is 0.0406. The Morgan fingerprint density at radius 1 is 1.29 bits per heavy atom. The first kappa shape index (κ1) is 15.5. The molecule has 21 heavy (non-hydrogen) atoms. The zero-order valence-corrected chi connectivity index (χ0v) is 13.6. The molecule has 1 aliphatic carbocycles. The van der Waals surface area contributed by atoms with Crippen LogP contribution < -0.4 is 0 Å². The third-order valence-electron chi connectivity index (χ3n) is 4.64. The van der Waals surface area contributed by atoms with Crippen molar-refractivity contribution in [1.82, 2.24) is 0 Å². The molecule has 3 aliphatic rings. The molecule has 2 atom stereocenters. The molecule has 0 N–H and O–H groups in total. The topological polar surface area (TPSA) is 47.9 Å². The lowest BCUT2D eigenvalue weighted by Gasteiger charge is -2.24. The molecule has 0 bridgehead atoms. The first-order chi connectivity index (χ1) is 10.2. The van der Waals surface area contributed by atoms with Gasteiger partial charge in [-0.2, -0.15) is 0 Å². The second-order valence-corrected chi connectivity index (χ2v) is 7.98. The van der Waals surface area contributed by atoms with Crippen LogP contribution in [0.1, 0.15) is 58.3 Å². The summed E-state index contributed by atoms with van der Waals surface area (Å²) in [6, 6.07) is 0. The maximum absolute atomic E-state index is 12.2. The second kappa shape index (κ2) is 6.80. The summed E-state index contributed by atoms with van der Waals surface area (Å²) in [7, 11) is 0. The van der Waals surface area contributed by atoms with Crippen LogP contribution in [0.5, 0.6) is 0 Å². The Bertz CT molecular complexity index is 412. The first-order valence-electron chi connectivity index (χ1n) is 8.22. The summed E-state index contributed by atoms with van der Waals surface area (Å²) in [5.41, 5.74) is 0. The monoisotopic (exact) mass is 311 g/mol. The standard InChI is InChI=1S/C16H25NO3S/c1-16(20-13-8-9-19-11-13)15(18)17-14(21-16)10-12-6-4-2-3-5-7-12/h12-13H,2-11H2,1H3. The number of rotatable bonds is 4. The number of ether oxygens (including phenoxy) is 2. The molecule has 0 spiro atoms. The zero-order valence-electron chi connectivity index (χ0n) is 12.8. The van der Waals surface area contributed by atoms with E-state index in [0.717, 1.165) is 24.5 Å². The Morgan fingerprint density at radius 2 is 2.05 bits per heavy atom. The summed E-state index contributed by atoms with van der Waals surface area (Å²) in [5, 5.41) is 0.980. The predicted octanol–water partition coefficient (Wildman–Crippen LogP) is 3.54. The highest BCUT2D eigenvalue weighted by atomic mass is 32.2. The van der Waals surface area contributed by atoms with Gasteiger partial charge in [-0.25, -0.2) is 4.99 Å². The van der Waals surface area contributed by atoms with E-state index in [1.165, 1.54) is 50.3 Å². The number of nitrogens with zero attached hydrogens (tertiary/aromatic N) is 1. The van der Waals surface area contributed by atoms with E-state index in [-0.39, 0.29) is 12.0 Å². The van der Waals surface area contributed by atoms with E-state index in [2.05, 4.69) is 4.99 Å². The smallest absolute Gasteiger partial charge is 0.289 e. The maximum Gasteiger partial charge on any atom is 0.289 e. The van der Waals surface area contributed by atoms with E-state index in [9.17, 15) is 4.79 Å². The Balaban J connectivity index is 1.55. The van der Waals surface area contributed by atoms with E-state index in [1.807, 2.05) is 6.92 Å². The fourth-order valence-electron chi connectivity index (χ4n) is 3.41. The summed E-state index contributed by atoms with van der Waals surface area (Å²) in [6.07, 6.45) is 9.79. The normalized spacial score (nSPS) is 35.0. The van der Waals surface area contributed by atoms with Gasteiger partial charge in [0.2, 0.25) is 0 Å². The third-order valence-corrected chi connectivity index (χ3v) is 5.80. The van der Waals surface area contributed by atoms with Gasteiger partial charge in [0.15, 0.2) is 4.93 Å². The van der Waals surface area contributed by atoms with Crippen molar-refractivity contribution in [3.8, 4) is 0 Å². The van der Waals surface area contributed by atoms with Crippen LogP contribution in [0.4, 0.5) is 0 Å². The lowest BCUT2D eigenvalue weighted by molar-refractivity contribution is -0.134. The minimum atomic E-state index is -0.821. The fourth-order valence-corrected chi connectivity index (χ4v) is 4.62. The van der Waals surface area contributed by atoms with Gasteiger partial charge in [0, 0.05) is 6.61 Å². The largest absolute Gasteiger partial charge is 0.379 e. The number of hydrogen-bond donors (Lipinski definition) is 0. The van der Waals surface area contributed by atoms with E-state index in [1.54, 1.807) is 0 Å². The lowest BCUT2D eigenvalue weighted by Crippen LogP contribution is -2.35. The molecule has 0 aromatic carbocycles. The van der Waals surface area contributed by atoms with Crippen LogP contribution in [-0.4, -0.2) is 35.2 Å². The van der Waals surface area contributed by atoms with Crippen LogP contribution in [0.3, 0.4) is 0 Å². The van der Waals surface area contributed by atoms with Crippen molar-refractivity contribution < 1.29 is 14.3 Å². The summed E-state index contributed by atoms with van der Waals surface area (Å²) in [6.45, 7) is 3.19. The lowest BCUT2D eigenvalue weighted by atomic mass is 9.97. The average molecular weight is 311 g/mol. The van der Waals surface area contributed by atoms with Gasteiger partial charge in [-0.05, 0) is 25.7 Å². The van der Waals surface area contributed by atoms with Crippen LogP contribution in [-0.2, 0) is 14.3 Å². The first-order valence-corrected chi connectivity index (χ1v) is 9.04. The van der Waals surface area contributed by atoms with E-state index < -0.39 is 4.93 Å². The number of amides is 1.